The fraction of sp³-hybridized carbons (Fsp3) is 0.857. The second-order valence-corrected chi connectivity index (χ2v) is 5.84. The van der Waals surface area contributed by atoms with Crippen molar-refractivity contribution in [3.8, 4) is 0 Å². The number of hydrogen-bond donors (Lipinski definition) is 1. The van der Waals surface area contributed by atoms with Gasteiger partial charge in [-0.25, -0.2) is 4.79 Å². The SMILES string of the molecule is COC(=O)C(NC(=O)C1CCC(C(F)(F)F)CC1)C(C)C. The lowest BCUT2D eigenvalue weighted by molar-refractivity contribution is -0.184. The lowest BCUT2D eigenvalue weighted by Crippen LogP contribution is -2.48. The molecule has 21 heavy (non-hydrogen) atoms. The molecule has 1 aliphatic rings. The highest BCUT2D eigenvalue weighted by molar-refractivity contribution is 5.85. The molecular weight excluding hydrogens is 287 g/mol. The molecule has 0 aromatic rings. The molecule has 0 radical (unpaired) electrons. The van der Waals surface area contributed by atoms with Crippen molar-refractivity contribution in [2.75, 3.05) is 7.11 Å². The van der Waals surface area contributed by atoms with E-state index >= 15 is 0 Å². The standard InChI is InChI=1S/C14H22F3NO3/c1-8(2)11(13(20)21-3)18-12(19)9-4-6-10(7-5-9)14(15,16)17/h8-11H,4-7H2,1-3H3,(H,18,19). The molecule has 1 saturated carbocycles. The maximum atomic E-state index is 12.6. The summed E-state index contributed by atoms with van der Waals surface area (Å²) in [6.45, 7) is 3.53. The van der Waals surface area contributed by atoms with Crippen molar-refractivity contribution in [1.29, 1.82) is 0 Å². The first-order chi connectivity index (χ1) is 9.66. The van der Waals surface area contributed by atoms with Gasteiger partial charge in [0.25, 0.3) is 0 Å². The van der Waals surface area contributed by atoms with Gasteiger partial charge < -0.3 is 10.1 Å². The summed E-state index contributed by atoms with van der Waals surface area (Å²) in [5, 5.41) is 2.60. The van der Waals surface area contributed by atoms with Gasteiger partial charge in [-0.15, -0.1) is 0 Å². The highest BCUT2D eigenvalue weighted by Gasteiger charge is 2.42. The Hall–Kier alpha value is -1.27. The molecular formula is C14H22F3NO3. The van der Waals surface area contributed by atoms with E-state index in [2.05, 4.69) is 10.1 Å². The number of carbonyl (C=O) groups is 2. The van der Waals surface area contributed by atoms with Crippen molar-refractivity contribution in [2.45, 2.75) is 51.7 Å². The molecule has 1 aliphatic carbocycles. The van der Waals surface area contributed by atoms with Gasteiger partial charge in [-0.3, -0.25) is 4.79 Å². The number of ether oxygens (including phenoxy) is 1. The number of rotatable bonds is 4. The van der Waals surface area contributed by atoms with Gasteiger partial charge in [-0.05, 0) is 31.6 Å². The fourth-order valence-corrected chi connectivity index (χ4v) is 2.58. The molecule has 0 aliphatic heterocycles. The van der Waals surface area contributed by atoms with E-state index in [1.165, 1.54) is 7.11 Å². The lowest BCUT2D eigenvalue weighted by atomic mass is 9.81. The molecule has 0 aromatic carbocycles. The van der Waals surface area contributed by atoms with Crippen LogP contribution in [0.2, 0.25) is 0 Å². The summed E-state index contributed by atoms with van der Waals surface area (Å²) in [5.41, 5.74) is 0. The number of amides is 1. The van der Waals surface area contributed by atoms with E-state index in [0.717, 1.165) is 0 Å². The Kier molecular flexibility index (Phi) is 6.04. The summed E-state index contributed by atoms with van der Waals surface area (Å²) in [7, 11) is 1.23. The van der Waals surface area contributed by atoms with E-state index in [1.807, 2.05) is 0 Å². The lowest BCUT2D eigenvalue weighted by Gasteiger charge is -2.30. The van der Waals surface area contributed by atoms with Gasteiger partial charge >= 0.3 is 12.1 Å². The molecule has 0 bridgehead atoms. The van der Waals surface area contributed by atoms with Crippen LogP contribution in [0, 0.1) is 17.8 Å². The van der Waals surface area contributed by atoms with Crippen LogP contribution >= 0.6 is 0 Å². The Morgan fingerprint density at radius 3 is 2.05 bits per heavy atom. The number of hydrogen-bond acceptors (Lipinski definition) is 3. The predicted octanol–water partition coefficient (Wildman–Crippen LogP) is 2.67. The summed E-state index contributed by atoms with van der Waals surface area (Å²) in [4.78, 5) is 23.7. The van der Waals surface area contributed by atoms with Crippen LogP contribution in [-0.4, -0.2) is 31.2 Å². The first-order valence-electron chi connectivity index (χ1n) is 7.11. The van der Waals surface area contributed by atoms with Gasteiger partial charge in [-0.1, -0.05) is 13.8 Å². The second kappa shape index (κ2) is 7.13. The molecule has 1 rings (SSSR count). The van der Waals surface area contributed by atoms with E-state index in [0.29, 0.717) is 0 Å². The number of alkyl halides is 3. The minimum Gasteiger partial charge on any atom is -0.467 e. The smallest absolute Gasteiger partial charge is 0.391 e. The van der Waals surface area contributed by atoms with Crippen molar-refractivity contribution in [1.82, 2.24) is 5.32 Å². The van der Waals surface area contributed by atoms with Crippen LogP contribution in [0.25, 0.3) is 0 Å². The highest BCUT2D eigenvalue weighted by Crippen LogP contribution is 2.39. The molecule has 0 aromatic heterocycles. The fourth-order valence-electron chi connectivity index (χ4n) is 2.58. The third kappa shape index (κ3) is 4.89. The molecule has 1 fully saturated rings. The van der Waals surface area contributed by atoms with Gasteiger partial charge in [0.1, 0.15) is 6.04 Å². The van der Waals surface area contributed by atoms with E-state index < -0.39 is 30.0 Å². The second-order valence-electron chi connectivity index (χ2n) is 5.84. The van der Waals surface area contributed by atoms with E-state index in [4.69, 9.17) is 0 Å². The molecule has 1 unspecified atom stereocenters. The van der Waals surface area contributed by atoms with E-state index in [9.17, 15) is 22.8 Å². The minimum atomic E-state index is -4.19. The van der Waals surface area contributed by atoms with Crippen LogP contribution < -0.4 is 5.32 Å². The van der Waals surface area contributed by atoms with Gasteiger partial charge in [0.15, 0.2) is 0 Å². The van der Waals surface area contributed by atoms with Crippen molar-refractivity contribution in [2.24, 2.45) is 17.8 Å². The normalized spacial score (nSPS) is 24.5. The Labute approximate surface area is 122 Å². The van der Waals surface area contributed by atoms with Gasteiger partial charge in [0.05, 0.1) is 13.0 Å². The molecule has 1 atom stereocenters. The van der Waals surface area contributed by atoms with Gasteiger partial charge in [0.2, 0.25) is 5.91 Å². The van der Waals surface area contributed by atoms with Crippen molar-refractivity contribution >= 4 is 11.9 Å². The molecule has 0 saturated heterocycles. The topological polar surface area (TPSA) is 55.4 Å². The number of methoxy groups -OCH3 is 1. The first-order valence-corrected chi connectivity index (χ1v) is 7.11. The average molecular weight is 309 g/mol. The Morgan fingerprint density at radius 1 is 1.14 bits per heavy atom. The van der Waals surface area contributed by atoms with Crippen LogP contribution in [0.4, 0.5) is 13.2 Å². The van der Waals surface area contributed by atoms with Crippen molar-refractivity contribution in [3.05, 3.63) is 0 Å². The Morgan fingerprint density at radius 2 is 1.67 bits per heavy atom. The highest BCUT2D eigenvalue weighted by atomic mass is 19.4. The number of nitrogens with one attached hydrogen (secondary N) is 1. The molecule has 7 heteroatoms. The zero-order chi connectivity index (χ0) is 16.2. The minimum absolute atomic E-state index is 0.0356. The van der Waals surface area contributed by atoms with Crippen molar-refractivity contribution < 1.29 is 27.5 Å². The zero-order valence-electron chi connectivity index (χ0n) is 12.5. The molecule has 4 nitrogen and oxygen atoms in total. The van der Waals surface area contributed by atoms with Crippen LogP contribution in [0.15, 0.2) is 0 Å². The van der Waals surface area contributed by atoms with Crippen LogP contribution in [0.5, 0.6) is 0 Å². The van der Waals surface area contributed by atoms with E-state index in [-0.39, 0.29) is 37.5 Å². The third-order valence-corrected chi connectivity index (χ3v) is 3.98. The summed E-state index contributed by atoms with van der Waals surface area (Å²) in [6, 6.07) is -0.761. The molecule has 1 N–H and O–H groups in total. The molecule has 0 heterocycles. The summed E-state index contributed by atoms with van der Waals surface area (Å²) in [6.07, 6.45) is -3.86. The van der Waals surface area contributed by atoms with Crippen LogP contribution in [-0.2, 0) is 14.3 Å². The third-order valence-electron chi connectivity index (χ3n) is 3.98. The molecule has 1 amide bonds. The van der Waals surface area contributed by atoms with Crippen LogP contribution in [0.1, 0.15) is 39.5 Å². The number of halogens is 3. The van der Waals surface area contributed by atoms with Gasteiger partial charge in [-0.2, -0.15) is 13.2 Å². The largest absolute Gasteiger partial charge is 0.467 e. The zero-order valence-corrected chi connectivity index (χ0v) is 12.5. The number of esters is 1. The number of carbonyl (C=O) groups excluding carboxylic acids is 2. The Bertz CT molecular complexity index is 374. The quantitative estimate of drug-likeness (QED) is 0.812. The first kappa shape index (κ1) is 17.8. The summed E-state index contributed by atoms with van der Waals surface area (Å²) >= 11 is 0. The maximum Gasteiger partial charge on any atom is 0.391 e. The summed E-state index contributed by atoms with van der Waals surface area (Å²) in [5.74, 6) is -2.83. The van der Waals surface area contributed by atoms with Crippen molar-refractivity contribution in [3.63, 3.8) is 0 Å². The molecule has 0 spiro atoms. The molecule has 122 valence electrons. The summed E-state index contributed by atoms with van der Waals surface area (Å²) < 4.78 is 42.3. The predicted molar refractivity (Wildman–Crippen MR) is 70.3 cm³/mol. The van der Waals surface area contributed by atoms with Gasteiger partial charge in [0, 0.05) is 5.92 Å². The monoisotopic (exact) mass is 309 g/mol. The maximum absolute atomic E-state index is 12.6. The van der Waals surface area contributed by atoms with Crippen LogP contribution in [0.3, 0.4) is 0 Å². The average Bonchev–Trinajstić information content (AvgIpc) is 2.42. The van der Waals surface area contributed by atoms with E-state index in [1.54, 1.807) is 13.8 Å². The Balaban J connectivity index is 2.55.